The number of nitro benzene ring substituents is 1. The van der Waals surface area contributed by atoms with Crippen molar-refractivity contribution in [3.63, 3.8) is 0 Å². The number of nitrogens with zero attached hydrogens (tertiary/aromatic N) is 2. The fourth-order valence-corrected chi connectivity index (χ4v) is 4.21. The molecule has 2 aromatic carbocycles. The molecule has 0 saturated heterocycles. The number of aromatic carboxylic acids is 1. The summed E-state index contributed by atoms with van der Waals surface area (Å²) in [5, 5.41) is 40.1. The molecule has 13 heteroatoms. The van der Waals surface area contributed by atoms with Crippen LogP contribution in [-0.2, 0) is 0 Å². The largest absolute Gasteiger partial charge is 0.506 e. The minimum Gasteiger partial charge on any atom is -0.506 e. The van der Waals surface area contributed by atoms with E-state index in [-0.39, 0.29) is 16.5 Å². The molecule has 0 saturated carbocycles. The van der Waals surface area contributed by atoms with Gasteiger partial charge in [0.15, 0.2) is 5.11 Å². The van der Waals surface area contributed by atoms with Gasteiger partial charge >= 0.3 is 5.97 Å². The Hall–Kier alpha value is -3.25. The SMILES string of the molecule is CC(=NNC(=S)Nc1ccc(C(=O)O)c([N+](=O)[O-])c1)c1csc(-c2ccc(Cl)c(Cl)c2)c1O. The number of benzene rings is 2. The number of carboxylic acids is 1. The standard InChI is InChI=1S/C20H14Cl2N4O5S2/c1-9(13-8-33-18(17(13)27)10-2-5-14(21)15(22)6-10)24-25-20(32)23-11-3-4-12(19(28)29)16(7-11)26(30)31/h2-8,27H,1H3,(H,28,29)(H2,23,25,32). The number of rotatable bonds is 6. The molecule has 9 nitrogen and oxygen atoms in total. The Morgan fingerprint density at radius 3 is 2.55 bits per heavy atom. The molecule has 0 bridgehead atoms. The maximum atomic E-state index is 11.1. The first-order chi connectivity index (χ1) is 15.6. The summed E-state index contributed by atoms with van der Waals surface area (Å²) in [6, 6.07) is 8.53. The number of nitrogens with one attached hydrogen (secondary N) is 2. The van der Waals surface area contributed by atoms with Crippen LogP contribution in [0.25, 0.3) is 10.4 Å². The zero-order chi connectivity index (χ0) is 24.3. The van der Waals surface area contributed by atoms with Gasteiger partial charge in [-0.25, -0.2) is 4.79 Å². The van der Waals surface area contributed by atoms with Crippen LogP contribution in [0.3, 0.4) is 0 Å². The van der Waals surface area contributed by atoms with E-state index in [0.717, 1.165) is 12.1 Å². The second-order valence-corrected chi connectivity index (χ2v) is 8.62. The number of anilines is 1. The molecule has 0 amide bonds. The van der Waals surface area contributed by atoms with Gasteiger partial charge < -0.3 is 15.5 Å². The van der Waals surface area contributed by atoms with Crippen molar-refractivity contribution in [1.82, 2.24) is 5.43 Å². The fourth-order valence-electron chi connectivity index (χ4n) is 2.75. The smallest absolute Gasteiger partial charge is 0.342 e. The second kappa shape index (κ2) is 10.1. The van der Waals surface area contributed by atoms with E-state index >= 15 is 0 Å². The second-order valence-electron chi connectivity index (χ2n) is 6.51. The predicted octanol–water partition coefficient (Wildman–Crippen LogP) is 5.74. The average molecular weight is 525 g/mol. The summed E-state index contributed by atoms with van der Waals surface area (Å²) in [5.74, 6) is -1.40. The lowest BCUT2D eigenvalue weighted by Crippen LogP contribution is -2.25. The van der Waals surface area contributed by atoms with Gasteiger partial charge in [0, 0.05) is 17.1 Å². The highest BCUT2D eigenvalue weighted by molar-refractivity contribution is 7.80. The molecule has 170 valence electrons. The number of thiocarbonyl (C=S) groups is 1. The summed E-state index contributed by atoms with van der Waals surface area (Å²) < 4.78 is 0. The zero-order valence-corrected chi connectivity index (χ0v) is 19.8. The minimum absolute atomic E-state index is 0.00569. The number of carbonyl (C=O) groups is 1. The molecule has 1 aromatic heterocycles. The number of halogens is 2. The molecule has 0 fully saturated rings. The Kier molecular flexibility index (Phi) is 7.49. The monoisotopic (exact) mass is 524 g/mol. The summed E-state index contributed by atoms with van der Waals surface area (Å²) in [6.45, 7) is 1.66. The Bertz CT molecular complexity index is 1310. The predicted molar refractivity (Wildman–Crippen MR) is 133 cm³/mol. The van der Waals surface area contributed by atoms with E-state index < -0.39 is 22.1 Å². The first-order valence-corrected chi connectivity index (χ1v) is 11.0. The van der Waals surface area contributed by atoms with Crippen molar-refractivity contribution in [1.29, 1.82) is 0 Å². The molecule has 0 aliphatic rings. The van der Waals surface area contributed by atoms with Gasteiger partial charge in [-0.2, -0.15) is 5.10 Å². The molecule has 0 spiro atoms. The van der Waals surface area contributed by atoms with Gasteiger partial charge in [0.25, 0.3) is 5.69 Å². The fraction of sp³-hybridized carbons (Fsp3) is 0.0500. The number of hydrogen-bond acceptors (Lipinski definition) is 7. The third-order valence-corrected chi connectivity index (χ3v) is 6.29. The molecule has 0 radical (unpaired) electrons. The first-order valence-electron chi connectivity index (χ1n) is 8.97. The van der Waals surface area contributed by atoms with E-state index in [1.807, 2.05) is 0 Å². The van der Waals surface area contributed by atoms with Gasteiger partial charge in [-0.1, -0.05) is 29.3 Å². The Morgan fingerprint density at radius 1 is 1.18 bits per heavy atom. The van der Waals surface area contributed by atoms with Crippen LogP contribution in [0.1, 0.15) is 22.8 Å². The number of carboxylic acid groups (broad SMARTS) is 1. The lowest BCUT2D eigenvalue weighted by atomic mass is 10.1. The van der Waals surface area contributed by atoms with Crippen molar-refractivity contribution in [3.8, 4) is 16.2 Å². The number of thiophene rings is 1. The van der Waals surface area contributed by atoms with Crippen LogP contribution in [0, 0.1) is 10.1 Å². The van der Waals surface area contributed by atoms with Crippen molar-refractivity contribution in [3.05, 3.63) is 73.1 Å². The van der Waals surface area contributed by atoms with Crippen molar-refractivity contribution < 1.29 is 19.9 Å². The van der Waals surface area contributed by atoms with E-state index in [9.17, 15) is 20.0 Å². The summed E-state index contributed by atoms with van der Waals surface area (Å²) in [7, 11) is 0. The number of hydrazone groups is 1. The lowest BCUT2D eigenvalue weighted by Gasteiger charge is -2.09. The molecule has 0 atom stereocenters. The van der Waals surface area contributed by atoms with Crippen molar-refractivity contribution in [2.75, 3.05) is 5.32 Å². The normalized spacial score (nSPS) is 11.2. The van der Waals surface area contributed by atoms with Crippen molar-refractivity contribution >= 4 is 74.9 Å². The molecule has 0 aliphatic heterocycles. The molecular weight excluding hydrogens is 511 g/mol. The Labute approximate surface area is 206 Å². The number of aromatic hydroxyl groups is 1. The summed E-state index contributed by atoms with van der Waals surface area (Å²) in [6.07, 6.45) is 0. The highest BCUT2D eigenvalue weighted by Gasteiger charge is 2.20. The van der Waals surface area contributed by atoms with E-state index in [1.165, 1.54) is 17.4 Å². The third kappa shape index (κ3) is 5.57. The summed E-state index contributed by atoms with van der Waals surface area (Å²) in [4.78, 5) is 22.0. The van der Waals surface area contributed by atoms with Crippen LogP contribution < -0.4 is 10.7 Å². The van der Waals surface area contributed by atoms with E-state index in [2.05, 4.69) is 15.8 Å². The van der Waals surface area contributed by atoms with Crippen molar-refractivity contribution in [2.24, 2.45) is 5.10 Å². The molecule has 1 heterocycles. The molecule has 3 aromatic rings. The highest BCUT2D eigenvalue weighted by atomic mass is 35.5. The van der Waals surface area contributed by atoms with E-state index in [0.29, 0.717) is 31.8 Å². The van der Waals surface area contributed by atoms with Crippen LogP contribution in [0.15, 0.2) is 46.9 Å². The van der Waals surface area contributed by atoms with Crippen molar-refractivity contribution in [2.45, 2.75) is 6.92 Å². The molecule has 0 aliphatic carbocycles. The average Bonchev–Trinajstić information content (AvgIpc) is 3.15. The van der Waals surface area contributed by atoms with Gasteiger partial charge in [-0.05, 0) is 49.0 Å². The van der Waals surface area contributed by atoms with Crippen LogP contribution in [0.4, 0.5) is 11.4 Å². The minimum atomic E-state index is -1.41. The summed E-state index contributed by atoms with van der Waals surface area (Å²) in [5.41, 5.74) is 3.36. The zero-order valence-electron chi connectivity index (χ0n) is 16.6. The van der Waals surface area contributed by atoms with Gasteiger partial charge in [0.05, 0.1) is 31.1 Å². The van der Waals surface area contributed by atoms with Crippen LogP contribution >= 0.6 is 46.8 Å². The third-order valence-electron chi connectivity index (χ3n) is 4.34. The Morgan fingerprint density at radius 2 is 1.91 bits per heavy atom. The first kappa shape index (κ1) is 24.4. The lowest BCUT2D eigenvalue weighted by molar-refractivity contribution is -0.385. The number of nitro groups is 1. The van der Waals surface area contributed by atoms with Gasteiger partial charge in [-0.15, -0.1) is 11.3 Å². The topological polar surface area (TPSA) is 137 Å². The highest BCUT2D eigenvalue weighted by Crippen LogP contribution is 2.40. The van der Waals surface area contributed by atoms with Gasteiger partial charge in [-0.3, -0.25) is 15.5 Å². The van der Waals surface area contributed by atoms with E-state index in [4.69, 9.17) is 40.5 Å². The molecule has 33 heavy (non-hydrogen) atoms. The molecule has 0 unspecified atom stereocenters. The van der Waals surface area contributed by atoms with Crippen LogP contribution in [0.5, 0.6) is 5.75 Å². The maximum absolute atomic E-state index is 11.1. The van der Waals surface area contributed by atoms with Crippen LogP contribution in [-0.4, -0.2) is 31.9 Å². The molecule has 3 rings (SSSR count). The quantitative estimate of drug-likeness (QED) is 0.138. The summed E-state index contributed by atoms with van der Waals surface area (Å²) >= 11 is 18.4. The van der Waals surface area contributed by atoms with E-state index in [1.54, 1.807) is 30.5 Å². The molecular formula is C20H14Cl2N4O5S2. The van der Waals surface area contributed by atoms with Gasteiger partial charge in [0.1, 0.15) is 11.3 Å². The van der Waals surface area contributed by atoms with Gasteiger partial charge in [0.2, 0.25) is 0 Å². The molecule has 4 N–H and O–H groups in total. The maximum Gasteiger partial charge on any atom is 0.342 e. The Balaban J connectivity index is 1.74. The number of hydrogen-bond donors (Lipinski definition) is 4. The van der Waals surface area contributed by atoms with Crippen LogP contribution in [0.2, 0.25) is 10.0 Å².